The minimum absolute atomic E-state index is 0.0997. The molecule has 0 aromatic heterocycles. The van der Waals surface area contributed by atoms with Gasteiger partial charge in [0.1, 0.15) is 18.2 Å². The van der Waals surface area contributed by atoms with Crippen molar-refractivity contribution in [3.05, 3.63) is 30.1 Å². The number of carbonyl (C=O) groups excluding carboxylic acids is 1. The van der Waals surface area contributed by atoms with Crippen LogP contribution in [0.25, 0.3) is 0 Å². The molecule has 3 nitrogen and oxygen atoms in total. The van der Waals surface area contributed by atoms with Crippen LogP contribution in [0.5, 0.6) is 5.75 Å². The maximum atomic E-state index is 12.7. The average molecular weight is 250 g/mol. The highest BCUT2D eigenvalue weighted by atomic mass is 35.5. The van der Waals surface area contributed by atoms with E-state index in [0.717, 1.165) is 0 Å². The van der Waals surface area contributed by atoms with Gasteiger partial charge in [0.25, 0.3) is 11.5 Å². The summed E-state index contributed by atoms with van der Waals surface area (Å²) < 4.78 is 30.0. The molecule has 1 aromatic rings. The van der Waals surface area contributed by atoms with Crippen molar-refractivity contribution in [1.82, 2.24) is 5.32 Å². The minimum atomic E-state index is -2.06. The van der Waals surface area contributed by atoms with E-state index < -0.39 is 17.4 Å². The summed E-state index contributed by atoms with van der Waals surface area (Å²) in [5.74, 6) is -0.979. The smallest absolute Gasteiger partial charge is 0.270 e. The second-order valence-electron chi connectivity index (χ2n) is 2.90. The third-order valence-electron chi connectivity index (χ3n) is 1.66. The molecule has 0 heterocycles. The molecule has 0 radical (unpaired) electrons. The summed E-state index contributed by atoms with van der Waals surface area (Å²) in [5, 5.41) is 2.20. The molecule has 1 atom stereocenters. The molecular formula is C10H10ClF2NO2. The number of hydrogen-bond donors (Lipinski definition) is 1. The Morgan fingerprint density at radius 2 is 2.31 bits per heavy atom. The first-order valence-corrected chi connectivity index (χ1v) is 4.97. The predicted octanol–water partition coefficient (Wildman–Crippen LogP) is 1.86. The molecule has 0 bridgehead atoms. The van der Waals surface area contributed by atoms with Crippen molar-refractivity contribution in [3.8, 4) is 5.75 Å². The molecule has 16 heavy (non-hydrogen) atoms. The van der Waals surface area contributed by atoms with Crippen LogP contribution in [-0.2, 0) is 4.79 Å². The molecule has 6 heteroatoms. The first-order valence-electron chi connectivity index (χ1n) is 4.54. The van der Waals surface area contributed by atoms with Gasteiger partial charge in [-0.1, -0.05) is 17.7 Å². The molecule has 0 spiro atoms. The lowest BCUT2D eigenvalue weighted by Gasteiger charge is -2.07. The number of alkyl halides is 2. The number of amides is 1. The molecule has 1 amide bonds. The van der Waals surface area contributed by atoms with E-state index in [-0.39, 0.29) is 13.2 Å². The normalized spacial score (nSPS) is 11.9. The van der Waals surface area contributed by atoms with E-state index in [2.05, 4.69) is 5.32 Å². The summed E-state index contributed by atoms with van der Waals surface area (Å²) in [7, 11) is 0. The van der Waals surface area contributed by atoms with Crippen molar-refractivity contribution < 1.29 is 18.3 Å². The quantitative estimate of drug-likeness (QED) is 0.639. The molecule has 0 aliphatic rings. The first-order chi connectivity index (χ1) is 7.59. The molecule has 0 saturated heterocycles. The third kappa shape index (κ3) is 4.44. The number of carbonyl (C=O) groups is 1. The van der Waals surface area contributed by atoms with E-state index in [1.165, 1.54) is 18.2 Å². The number of ether oxygens (including phenoxy) is 1. The Labute approximate surface area is 96.4 Å². The second kappa shape index (κ2) is 6.27. The Morgan fingerprint density at radius 3 is 2.94 bits per heavy atom. The molecule has 0 saturated carbocycles. The Bertz CT molecular complexity index is 360. The van der Waals surface area contributed by atoms with E-state index in [1.54, 1.807) is 6.07 Å². The van der Waals surface area contributed by atoms with Crippen molar-refractivity contribution >= 4 is 17.5 Å². The minimum Gasteiger partial charge on any atom is -0.492 e. The van der Waals surface area contributed by atoms with Gasteiger partial charge in [-0.05, 0) is 12.1 Å². The van der Waals surface area contributed by atoms with Crippen molar-refractivity contribution in [2.24, 2.45) is 0 Å². The second-order valence-corrected chi connectivity index (χ2v) is 3.28. The molecular weight excluding hydrogens is 240 g/mol. The van der Waals surface area contributed by atoms with Crippen molar-refractivity contribution in [2.75, 3.05) is 13.2 Å². The van der Waals surface area contributed by atoms with Gasteiger partial charge in [-0.25, -0.2) is 8.78 Å². The largest absolute Gasteiger partial charge is 0.492 e. The van der Waals surface area contributed by atoms with E-state index in [4.69, 9.17) is 16.3 Å². The SMILES string of the molecule is O=C(NCCOc1cccc(F)c1)C(F)Cl. The van der Waals surface area contributed by atoms with Crippen molar-refractivity contribution in [3.63, 3.8) is 0 Å². The van der Waals surface area contributed by atoms with Crippen LogP contribution in [0.2, 0.25) is 0 Å². The van der Waals surface area contributed by atoms with Gasteiger partial charge in [-0.2, -0.15) is 0 Å². The lowest BCUT2D eigenvalue weighted by Crippen LogP contribution is -2.32. The van der Waals surface area contributed by atoms with Crippen LogP contribution in [-0.4, -0.2) is 24.7 Å². The molecule has 0 aliphatic heterocycles. The highest BCUT2D eigenvalue weighted by Crippen LogP contribution is 2.11. The highest BCUT2D eigenvalue weighted by Gasteiger charge is 2.11. The van der Waals surface area contributed by atoms with E-state index >= 15 is 0 Å². The Morgan fingerprint density at radius 1 is 1.56 bits per heavy atom. The zero-order valence-corrected chi connectivity index (χ0v) is 9.01. The Hall–Kier alpha value is -1.36. The van der Waals surface area contributed by atoms with Gasteiger partial charge < -0.3 is 10.1 Å². The molecule has 1 aromatic carbocycles. The molecule has 1 rings (SSSR count). The van der Waals surface area contributed by atoms with Crippen molar-refractivity contribution in [2.45, 2.75) is 5.63 Å². The van der Waals surface area contributed by atoms with Crippen LogP contribution in [0.3, 0.4) is 0 Å². The fourth-order valence-corrected chi connectivity index (χ4v) is 1.05. The molecule has 0 aliphatic carbocycles. The Kier molecular flexibility index (Phi) is 4.98. The topological polar surface area (TPSA) is 38.3 Å². The zero-order chi connectivity index (χ0) is 12.0. The van der Waals surface area contributed by atoms with Crippen LogP contribution in [0.15, 0.2) is 24.3 Å². The predicted molar refractivity (Wildman–Crippen MR) is 55.7 cm³/mol. The summed E-state index contributed by atoms with van der Waals surface area (Å²) in [5.41, 5.74) is -2.06. The molecule has 88 valence electrons. The van der Waals surface area contributed by atoms with Gasteiger partial charge in [0.05, 0.1) is 6.54 Å². The van der Waals surface area contributed by atoms with Gasteiger partial charge in [0, 0.05) is 6.07 Å². The maximum Gasteiger partial charge on any atom is 0.270 e. The van der Waals surface area contributed by atoms with Gasteiger partial charge in [-0.3, -0.25) is 4.79 Å². The van der Waals surface area contributed by atoms with E-state index in [1.807, 2.05) is 0 Å². The summed E-state index contributed by atoms with van der Waals surface area (Å²) in [6, 6.07) is 5.57. The van der Waals surface area contributed by atoms with Gasteiger partial charge in [0.2, 0.25) is 0 Å². The van der Waals surface area contributed by atoms with Crippen LogP contribution >= 0.6 is 11.6 Å². The fraction of sp³-hybridized carbons (Fsp3) is 0.300. The average Bonchev–Trinajstić information content (AvgIpc) is 2.24. The lowest BCUT2D eigenvalue weighted by atomic mass is 10.3. The van der Waals surface area contributed by atoms with Gasteiger partial charge >= 0.3 is 0 Å². The van der Waals surface area contributed by atoms with Gasteiger partial charge in [-0.15, -0.1) is 0 Å². The van der Waals surface area contributed by atoms with Crippen LogP contribution < -0.4 is 10.1 Å². The van der Waals surface area contributed by atoms with Gasteiger partial charge in [0.15, 0.2) is 0 Å². The van der Waals surface area contributed by atoms with E-state index in [0.29, 0.717) is 5.75 Å². The number of halogens is 3. The fourth-order valence-electron chi connectivity index (χ4n) is 0.977. The molecule has 1 unspecified atom stereocenters. The van der Waals surface area contributed by atoms with Crippen LogP contribution in [0.4, 0.5) is 8.78 Å². The number of benzene rings is 1. The molecule has 1 N–H and O–H groups in total. The summed E-state index contributed by atoms with van der Waals surface area (Å²) in [6.07, 6.45) is 0. The maximum absolute atomic E-state index is 12.7. The van der Waals surface area contributed by atoms with Crippen LogP contribution in [0, 0.1) is 5.82 Å². The summed E-state index contributed by atoms with van der Waals surface area (Å²) in [6.45, 7) is 0.210. The standard InChI is InChI=1S/C10H10ClF2NO2/c11-9(13)10(15)14-4-5-16-8-3-1-2-7(12)6-8/h1-3,6,9H,4-5H2,(H,14,15). The van der Waals surface area contributed by atoms with E-state index in [9.17, 15) is 13.6 Å². The number of nitrogens with one attached hydrogen (secondary N) is 1. The monoisotopic (exact) mass is 249 g/mol. The first kappa shape index (κ1) is 12.7. The zero-order valence-electron chi connectivity index (χ0n) is 8.25. The highest BCUT2D eigenvalue weighted by molar-refractivity contribution is 6.29. The lowest BCUT2D eigenvalue weighted by molar-refractivity contribution is -0.123. The summed E-state index contributed by atoms with van der Waals surface area (Å²) in [4.78, 5) is 10.7. The van der Waals surface area contributed by atoms with Crippen LogP contribution in [0.1, 0.15) is 0 Å². The number of hydrogen-bond acceptors (Lipinski definition) is 2. The third-order valence-corrected chi connectivity index (χ3v) is 1.86. The molecule has 0 fully saturated rings. The van der Waals surface area contributed by atoms with Crippen molar-refractivity contribution in [1.29, 1.82) is 0 Å². The Balaban J connectivity index is 2.23. The summed E-state index contributed by atoms with van der Waals surface area (Å²) >= 11 is 4.88. The number of rotatable bonds is 5.